The smallest absolute Gasteiger partial charge is 0.224 e. The van der Waals surface area contributed by atoms with E-state index in [4.69, 9.17) is 5.73 Å². The molecule has 0 aromatic heterocycles. The van der Waals surface area contributed by atoms with Gasteiger partial charge in [0.1, 0.15) is 0 Å². The first-order chi connectivity index (χ1) is 8.22. The SMILES string of the molecule is CCSC1CCCC1NC(=O)C1CCCC1N. The molecule has 0 heterocycles. The van der Waals surface area contributed by atoms with Crippen molar-refractivity contribution in [2.75, 3.05) is 5.75 Å². The van der Waals surface area contributed by atoms with E-state index < -0.39 is 0 Å². The van der Waals surface area contributed by atoms with Crippen molar-refractivity contribution in [3.05, 3.63) is 0 Å². The van der Waals surface area contributed by atoms with Crippen molar-refractivity contribution in [3.8, 4) is 0 Å². The average Bonchev–Trinajstić information content (AvgIpc) is 2.89. The highest BCUT2D eigenvalue weighted by molar-refractivity contribution is 7.99. The minimum Gasteiger partial charge on any atom is -0.352 e. The van der Waals surface area contributed by atoms with E-state index in [0.717, 1.165) is 31.4 Å². The summed E-state index contributed by atoms with van der Waals surface area (Å²) in [6.45, 7) is 2.19. The van der Waals surface area contributed by atoms with Gasteiger partial charge in [-0.05, 0) is 31.4 Å². The van der Waals surface area contributed by atoms with Crippen LogP contribution in [0.5, 0.6) is 0 Å². The zero-order chi connectivity index (χ0) is 12.3. The Morgan fingerprint density at radius 3 is 2.71 bits per heavy atom. The molecule has 98 valence electrons. The molecule has 3 N–H and O–H groups in total. The summed E-state index contributed by atoms with van der Waals surface area (Å²) in [4.78, 5) is 12.2. The summed E-state index contributed by atoms with van der Waals surface area (Å²) in [6, 6.07) is 0.480. The van der Waals surface area contributed by atoms with Gasteiger partial charge in [-0.2, -0.15) is 11.8 Å². The molecule has 4 unspecified atom stereocenters. The topological polar surface area (TPSA) is 55.1 Å². The van der Waals surface area contributed by atoms with Gasteiger partial charge in [-0.15, -0.1) is 0 Å². The number of nitrogens with one attached hydrogen (secondary N) is 1. The van der Waals surface area contributed by atoms with Crippen LogP contribution in [0.3, 0.4) is 0 Å². The van der Waals surface area contributed by atoms with Crippen LogP contribution in [0.15, 0.2) is 0 Å². The quantitative estimate of drug-likeness (QED) is 0.808. The molecular weight excluding hydrogens is 232 g/mol. The Balaban J connectivity index is 1.85. The van der Waals surface area contributed by atoms with Gasteiger partial charge in [-0.25, -0.2) is 0 Å². The fraction of sp³-hybridized carbons (Fsp3) is 0.923. The Labute approximate surface area is 108 Å². The molecule has 4 heteroatoms. The Morgan fingerprint density at radius 2 is 2.06 bits per heavy atom. The van der Waals surface area contributed by atoms with Crippen molar-refractivity contribution in [3.63, 3.8) is 0 Å². The third-order valence-electron chi connectivity index (χ3n) is 4.07. The largest absolute Gasteiger partial charge is 0.352 e. The van der Waals surface area contributed by atoms with E-state index in [1.807, 2.05) is 11.8 Å². The minimum atomic E-state index is 0.0721. The zero-order valence-corrected chi connectivity index (χ0v) is 11.5. The molecule has 2 rings (SSSR count). The Hall–Kier alpha value is -0.220. The summed E-state index contributed by atoms with van der Waals surface area (Å²) in [7, 11) is 0. The highest BCUT2D eigenvalue weighted by Crippen LogP contribution is 2.31. The summed E-state index contributed by atoms with van der Waals surface area (Å²) in [6.07, 6.45) is 6.74. The van der Waals surface area contributed by atoms with Crippen LogP contribution in [-0.2, 0) is 4.79 Å². The fourth-order valence-corrected chi connectivity index (χ4v) is 4.31. The maximum absolute atomic E-state index is 12.2. The van der Waals surface area contributed by atoms with Crippen LogP contribution in [0.4, 0.5) is 0 Å². The van der Waals surface area contributed by atoms with Crippen molar-refractivity contribution in [1.29, 1.82) is 0 Å². The van der Waals surface area contributed by atoms with Crippen LogP contribution < -0.4 is 11.1 Å². The second-order valence-electron chi connectivity index (χ2n) is 5.24. The van der Waals surface area contributed by atoms with Crippen molar-refractivity contribution in [2.45, 2.75) is 62.8 Å². The summed E-state index contributed by atoms with van der Waals surface area (Å²) in [5, 5.41) is 3.87. The lowest BCUT2D eigenvalue weighted by atomic mass is 10.0. The van der Waals surface area contributed by atoms with E-state index in [0.29, 0.717) is 11.3 Å². The highest BCUT2D eigenvalue weighted by atomic mass is 32.2. The van der Waals surface area contributed by atoms with E-state index in [9.17, 15) is 4.79 Å². The van der Waals surface area contributed by atoms with Gasteiger partial charge in [0.05, 0.1) is 5.92 Å². The molecule has 0 spiro atoms. The molecule has 0 aromatic carbocycles. The first-order valence-corrected chi connectivity index (χ1v) is 7.94. The third kappa shape index (κ3) is 3.16. The molecule has 0 bridgehead atoms. The van der Waals surface area contributed by atoms with Crippen molar-refractivity contribution >= 4 is 17.7 Å². The van der Waals surface area contributed by atoms with Gasteiger partial charge in [-0.3, -0.25) is 4.79 Å². The number of nitrogens with two attached hydrogens (primary N) is 1. The van der Waals surface area contributed by atoms with E-state index in [1.54, 1.807) is 0 Å². The molecular formula is C13H24N2OS. The predicted molar refractivity (Wildman–Crippen MR) is 73.0 cm³/mol. The van der Waals surface area contributed by atoms with Crippen LogP contribution in [0.2, 0.25) is 0 Å². The second kappa shape index (κ2) is 6.10. The van der Waals surface area contributed by atoms with Gasteiger partial charge < -0.3 is 11.1 Å². The van der Waals surface area contributed by atoms with Crippen LogP contribution in [0.1, 0.15) is 45.4 Å². The zero-order valence-electron chi connectivity index (χ0n) is 10.7. The normalized spacial score (nSPS) is 37.3. The van der Waals surface area contributed by atoms with Gasteiger partial charge in [0, 0.05) is 17.3 Å². The molecule has 2 aliphatic carbocycles. The highest BCUT2D eigenvalue weighted by Gasteiger charge is 2.34. The van der Waals surface area contributed by atoms with E-state index in [1.165, 1.54) is 12.8 Å². The molecule has 2 saturated carbocycles. The monoisotopic (exact) mass is 256 g/mol. The predicted octanol–water partition coefficient (Wildman–Crippen LogP) is 1.90. The number of rotatable bonds is 4. The number of carbonyl (C=O) groups is 1. The standard InChI is InChI=1S/C13H24N2OS/c1-2-17-12-8-4-7-11(12)15-13(16)9-5-3-6-10(9)14/h9-12H,2-8,14H2,1H3,(H,15,16). The summed E-state index contributed by atoms with van der Waals surface area (Å²) >= 11 is 1.99. The van der Waals surface area contributed by atoms with Crippen LogP contribution in [-0.4, -0.2) is 29.0 Å². The van der Waals surface area contributed by atoms with Gasteiger partial charge in [0.15, 0.2) is 0 Å². The number of amides is 1. The number of hydrogen-bond acceptors (Lipinski definition) is 3. The summed E-state index contributed by atoms with van der Waals surface area (Å²) in [5.41, 5.74) is 5.98. The lowest BCUT2D eigenvalue weighted by molar-refractivity contribution is -0.125. The molecule has 0 aromatic rings. The molecule has 17 heavy (non-hydrogen) atoms. The average molecular weight is 256 g/mol. The maximum atomic E-state index is 12.2. The first-order valence-electron chi connectivity index (χ1n) is 6.90. The molecule has 0 aliphatic heterocycles. The van der Waals surface area contributed by atoms with Gasteiger partial charge in [0.25, 0.3) is 0 Å². The van der Waals surface area contributed by atoms with Gasteiger partial charge in [0.2, 0.25) is 5.91 Å². The number of hydrogen-bond donors (Lipinski definition) is 2. The van der Waals surface area contributed by atoms with Crippen LogP contribution >= 0.6 is 11.8 Å². The molecule has 0 saturated heterocycles. The Morgan fingerprint density at radius 1 is 1.29 bits per heavy atom. The third-order valence-corrected chi connectivity index (χ3v) is 5.39. The van der Waals surface area contributed by atoms with E-state index in [-0.39, 0.29) is 17.9 Å². The molecule has 2 aliphatic rings. The lowest BCUT2D eigenvalue weighted by Gasteiger charge is -2.23. The van der Waals surface area contributed by atoms with Crippen molar-refractivity contribution in [1.82, 2.24) is 5.32 Å². The Kier molecular flexibility index (Phi) is 4.74. The van der Waals surface area contributed by atoms with Crippen molar-refractivity contribution < 1.29 is 4.79 Å². The fourth-order valence-electron chi connectivity index (χ4n) is 3.11. The van der Waals surface area contributed by atoms with Crippen molar-refractivity contribution in [2.24, 2.45) is 11.7 Å². The second-order valence-corrected chi connectivity index (χ2v) is 6.76. The first kappa shape index (κ1) is 13.2. The van der Waals surface area contributed by atoms with E-state index >= 15 is 0 Å². The van der Waals surface area contributed by atoms with Crippen LogP contribution in [0.25, 0.3) is 0 Å². The van der Waals surface area contributed by atoms with E-state index in [2.05, 4.69) is 12.2 Å². The Bertz CT molecular complexity index is 272. The molecule has 4 atom stereocenters. The number of thioether (sulfide) groups is 1. The molecule has 1 amide bonds. The lowest BCUT2D eigenvalue weighted by Crippen LogP contribution is -2.45. The van der Waals surface area contributed by atoms with Gasteiger partial charge >= 0.3 is 0 Å². The van der Waals surface area contributed by atoms with Gasteiger partial charge in [-0.1, -0.05) is 19.8 Å². The number of carbonyl (C=O) groups excluding carboxylic acids is 1. The summed E-state index contributed by atoms with van der Waals surface area (Å²) < 4.78 is 0. The molecule has 3 nitrogen and oxygen atoms in total. The minimum absolute atomic E-state index is 0.0721. The molecule has 2 fully saturated rings. The summed E-state index contributed by atoms with van der Waals surface area (Å²) in [5.74, 6) is 1.42. The maximum Gasteiger partial charge on any atom is 0.224 e. The van der Waals surface area contributed by atoms with Crippen LogP contribution in [0, 0.1) is 5.92 Å². The molecule has 0 radical (unpaired) electrons.